The molecule has 0 aromatic rings. The van der Waals surface area contributed by atoms with Crippen molar-refractivity contribution in [3.8, 4) is 0 Å². The number of rotatable bonds is 7. The van der Waals surface area contributed by atoms with Crippen LogP contribution in [0.15, 0.2) is 0 Å². The van der Waals surface area contributed by atoms with Crippen molar-refractivity contribution in [3.05, 3.63) is 0 Å². The Labute approximate surface area is 110 Å². The molecule has 0 aliphatic carbocycles. The lowest BCUT2D eigenvalue weighted by atomic mass is 10.2. The summed E-state index contributed by atoms with van der Waals surface area (Å²) in [7, 11) is -7.00. The molecule has 2 N–H and O–H groups in total. The maximum Gasteiger partial charge on any atom is 0.460 e. The first-order chi connectivity index (χ1) is 8.87. The minimum absolute atomic E-state index is 1.81. The molecule has 0 saturated carbocycles. The van der Waals surface area contributed by atoms with Crippen LogP contribution >= 0.6 is 0 Å². The van der Waals surface area contributed by atoms with Crippen LogP contribution in [0.1, 0.15) is 6.42 Å². The van der Waals surface area contributed by atoms with Gasteiger partial charge in [-0.25, -0.2) is 4.74 Å². The van der Waals surface area contributed by atoms with Gasteiger partial charge in [0, 0.05) is 0 Å². The molecule has 0 spiro atoms. The van der Waals surface area contributed by atoms with Gasteiger partial charge in [0.25, 0.3) is 0 Å². The quantitative estimate of drug-likeness (QED) is 0.533. The molecule has 0 aliphatic rings. The highest BCUT2D eigenvalue weighted by Crippen LogP contribution is 2.47. The number of carbonyl (C=O) groups is 1. The zero-order valence-electron chi connectivity index (χ0n) is 9.17. The van der Waals surface area contributed by atoms with Crippen LogP contribution in [0, 0.1) is 0 Å². The van der Waals surface area contributed by atoms with Gasteiger partial charge < -0.3 is 5.11 Å². The molecule has 0 heterocycles. The van der Waals surface area contributed by atoms with Gasteiger partial charge >= 0.3 is 39.5 Å². The zero-order chi connectivity index (χ0) is 17.5. The highest BCUT2D eigenvalue weighted by Gasteiger charge is 2.74. The summed E-state index contributed by atoms with van der Waals surface area (Å²) in [6.45, 7) is 0. The van der Waals surface area contributed by atoms with Crippen LogP contribution in [0.25, 0.3) is 0 Å². The SMILES string of the molecule is O=C(O)CC(F)(F)C(F)(F)OC(F)(F)C(F)(F)S(=O)(=O)O. The summed E-state index contributed by atoms with van der Waals surface area (Å²) in [5.74, 6) is -8.49. The molecule has 6 nitrogen and oxygen atoms in total. The van der Waals surface area contributed by atoms with Gasteiger partial charge in [-0.1, -0.05) is 0 Å². The molecule has 21 heavy (non-hydrogen) atoms. The summed E-state index contributed by atoms with van der Waals surface area (Å²) in [6.07, 6.45) is -16.1. The Morgan fingerprint density at radius 1 is 0.952 bits per heavy atom. The lowest BCUT2D eigenvalue weighted by Gasteiger charge is -2.30. The number of carboxylic acids is 1. The van der Waals surface area contributed by atoms with E-state index in [1.54, 1.807) is 0 Å². The number of ether oxygens (including phenoxy) is 1. The summed E-state index contributed by atoms with van der Waals surface area (Å²) >= 11 is 0. The molecule has 0 fully saturated rings. The minimum Gasteiger partial charge on any atom is -0.481 e. The predicted octanol–water partition coefficient (Wildman–Crippen LogP) is 1.78. The van der Waals surface area contributed by atoms with Gasteiger partial charge in [0.15, 0.2) is 0 Å². The van der Waals surface area contributed by atoms with Crippen LogP contribution in [0.5, 0.6) is 0 Å². The smallest absolute Gasteiger partial charge is 0.460 e. The summed E-state index contributed by atoms with van der Waals surface area (Å²) in [4.78, 5) is 9.84. The summed E-state index contributed by atoms with van der Waals surface area (Å²) in [6, 6.07) is 0. The van der Waals surface area contributed by atoms with Gasteiger partial charge in [0.05, 0.1) is 0 Å². The summed E-state index contributed by atoms with van der Waals surface area (Å²) < 4.78 is 130. The van der Waals surface area contributed by atoms with E-state index in [1.165, 1.54) is 0 Å². The lowest BCUT2D eigenvalue weighted by molar-refractivity contribution is -0.455. The van der Waals surface area contributed by atoms with Gasteiger partial charge in [-0.05, 0) is 0 Å². The number of carboxylic acid groups (broad SMARTS) is 1. The van der Waals surface area contributed by atoms with E-state index in [1.807, 2.05) is 4.74 Å². The molecule has 126 valence electrons. The zero-order valence-corrected chi connectivity index (χ0v) is 9.98. The average molecular weight is 356 g/mol. The summed E-state index contributed by atoms with van der Waals surface area (Å²) in [5, 5.41) is 1.17. The monoisotopic (exact) mass is 356 g/mol. The largest absolute Gasteiger partial charge is 0.481 e. The third-order valence-corrected chi connectivity index (χ3v) is 2.60. The second-order valence-corrected chi connectivity index (χ2v) is 4.87. The molecule has 0 aromatic carbocycles. The van der Waals surface area contributed by atoms with Crippen LogP contribution in [-0.2, 0) is 19.6 Å². The number of alkyl halides is 8. The van der Waals surface area contributed by atoms with Crippen molar-refractivity contribution in [2.24, 2.45) is 0 Å². The third-order valence-electron chi connectivity index (χ3n) is 1.72. The Balaban J connectivity index is 5.58. The normalized spacial score (nSPS) is 15.1. The van der Waals surface area contributed by atoms with E-state index in [-0.39, 0.29) is 0 Å². The van der Waals surface area contributed by atoms with E-state index in [9.17, 15) is 48.3 Å². The number of halogens is 8. The topological polar surface area (TPSA) is 101 Å². The minimum atomic E-state index is -7.00. The Hall–Kier alpha value is -1.22. The molecule has 0 amide bonds. The van der Waals surface area contributed by atoms with Crippen molar-refractivity contribution in [2.45, 2.75) is 29.8 Å². The fraction of sp³-hybridized carbons (Fsp3) is 0.833. The van der Waals surface area contributed by atoms with E-state index >= 15 is 0 Å². The van der Waals surface area contributed by atoms with Gasteiger partial charge in [-0.15, -0.1) is 0 Å². The second-order valence-electron chi connectivity index (χ2n) is 3.40. The van der Waals surface area contributed by atoms with Crippen LogP contribution in [-0.4, -0.2) is 47.4 Å². The van der Waals surface area contributed by atoms with Crippen molar-refractivity contribution < 1.29 is 62.7 Å². The van der Waals surface area contributed by atoms with E-state index in [0.717, 1.165) is 0 Å². The molecule has 15 heteroatoms. The van der Waals surface area contributed by atoms with Gasteiger partial charge in [0.2, 0.25) is 0 Å². The Morgan fingerprint density at radius 2 is 1.33 bits per heavy atom. The molecule has 0 rings (SSSR count). The van der Waals surface area contributed by atoms with Crippen molar-refractivity contribution in [2.75, 3.05) is 0 Å². The molecule has 0 saturated heterocycles. The highest BCUT2D eigenvalue weighted by atomic mass is 32.2. The van der Waals surface area contributed by atoms with Crippen molar-refractivity contribution in [1.82, 2.24) is 0 Å². The molecule has 0 aliphatic heterocycles. The van der Waals surface area contributed by atoms with E-state index < -0.39 is 45.9 Å². The molecule has 0 radical (unpaired) electrons. The van der Waals surface area contributed by atoms with Gasteiger partial charge in [-0.3, -0.25) is 9.35 Å². The second kappa shape index (κ2) is 5.20. The standard InChI is InChI=1S/C6H4F8O6S/c7-3(8,1-2(15)16)4(9,10)20-5(11,12)6(13,14)21(17,18)19/h1H2,(H,15,16)(H,17,18,19). The van der Waals surface area contributed by atoms with Crippen molar-refractivity contribution >= 4 is 16.1 Å². The predicted molar refractivity (Wildman–Crippen MR) is 44.7 cm³/mol. The number of hydrogen-bond donors (Lipinski definition) is 2. The first-order valence-corrected chi connectivity index (χ1v) is 5.72. The average Bonchev–Trinajstić information content (AvgIpc) is 2.10. The van der Waals surface area contributed by atoms with Crippen molar-refractivity contribution in [3.63, 3.8) is 0 Å². The Bertz CT molecular complexity index is 513. The maximum atomic E-state index is 12.7. The lowest BCUT2D eigenvalue weighted by Crippen LogP contribution is -2.56. The van der Waals surface area contributed by atoms with Gasteiger partial charge in [0.1, 0.15) is 6.42 Å². The number of aliphatic carboxylic acids is 1. The molecular formula is C6H4F8O6S. The Kier molecular flexibility index (Phi) is 4.90. The molecule has 0 bridgehead atoms. The fourth-order valence-electron chi connectivity index (χ4n) is 0.738. The molecule has 0 atom stereocenters. The first kappa shape index (κ1) is 19.8. The fourth-order valence-corrected chi connectivity index (χ4v) is 1.08. The molecule has 0 unspecified atom stereocenters. The van der Waals surface area contributed by atoms with E-state index in [2.05, 4.69) is 0 Å². The van der Waals surface area contributed by atoms with E-state index in [0.29, 0.717) is 0 Å². The third kappa shape index (κ3) is 3.91. The molecular weight excluding hydrogens is 352 g/mol. The van der Waals surface area contributed by atoms with Crippen molar-refractivity contribution in [1.29, 1.82) is 0 Å². The van der Waals surface area contributed by atoms with Crippen LogP contribution in [0.2, 0.25) is 0 Å². The van der Waals surface area contributed by atoms with Crippen LogP contribution in [0.3, 0.4) is 0 Å². The van der Waals surface area contributed by atoms with Gasteiger partial charge in [-0.2, -0.15) is 43.5 Å². The number of hydrogen-bond acceptors (Lipinski definition) is 4. The van der Waals surface area contributed by atoms with Crippen LogP contribution in [0.4, 0.5) is 35.1 Å². The summed E-state index contributed by atoms with van der Waals surface area (Å²) in [5.41, 5.74) is 0. The Morgan fingerprint density at radius 3 is 1.62 bits per heavy atom. The van der Waals surface area contributed by atoms with E-state index in [4.69, 9.17) is 9.66 Å². The molecule has 0 aromatic heterocycles. The highest BCUT2D eigenvalue weighted by molar-refractivity contribution is 7.86. The van der Waals surface area contributed by atoms with Crippen LogP contribution < -0.4 is 0 Å². The first-order valence-electron chi connectivity index (χ1n) is 4.27. The maximum absolute atomic E-state index is 12.7.